The second kappa shape index (κ2) is 6.86. The quantitative estimate of drug-likeness (QED) is 0.700. The van der Waals surface area contributed by atoms with Crippen molar-refractivity contribution in [1.82, 2.24) is 14.5 Å². The average molecular weight is 400 g/mol. The Morgan fingerprint density at radius 1 is 1.21 bits per heavy atom. The first-order valence-electron chi connectivity index (χ1n) is 9.39. The summed E-state index contributed by atoms with van der Waals surface area (Å²) >= 11 is 0. The Labute approximate surface area is 164 Å². The summed E-state index contributed by atoms with van der Waals surface area (Å²) < 4.78 is 19.0. The maximum absolute atomic E-state index is 12.6. The largest absolute Gasteiger partial charge is 0.389 e. The van der Waals surface area contributed by atoms with Gasteiger partial charge in [0.25, 0.3) is 0 Å². The van der Waals surface area contributed by atoms with Crippen molar-refractivity contribution in [3.63, 3.8) is 0 Å². The number of hydrogen-bond acceptors (Lipinski definition) is 6. The molecule has 7 nitrogen and oxygen atoms in total. The molecule has 0 aliphatic carbocycles. The van der Waals surface area contributed by atoms with Crippen LogP contribution in [-0.4, -0.2) is 41.0 Å². The fourth-order valence-electron chi connectivity index (χ4n) is 3.65. The van der Waals surface area contributed by atoms with Gasteiger partial charge in [-0.05, 0) is 44.4 Å². The molecule has 4 rings (SSSR count). The molecule has 2 aromatic heterocycles. The second-order valence-electron chi connectivity index (χ2n) is 7.97. The van der Waals surface area contributed by atoms with Crippen LogP contribution >= 0.6 is 0 Å². The van der Waals surface area contributed by atoms with Gasteiger partial charge in [0.15, 0.2) is 0 Å². The Hall–Kier alpha value is -2.45. The Bertz CT molecular complexity index is 1120. The number of nitrogens with two attached hydrogens (primary N) is 1. The Morgan fingerprint density at radius 2 is 1.89 bits per heavy atom. The van der Waals surface area contributed by atoms with Crippen molar-refractivity contribution in [3.05, 3.63) is 36.8 Å². The van der Waals surface area contributed by atoms with E-state index in [1.807, 2.05) is 35.0 Å². The number of rotatable bonds is 4. The van der Waals surface area contributed by atoms with Gasteiger partial charge < -0.3 is 15.4 Å². The maximum atomic E-state index is 12.6. The molecule has 1 aromatic carbocycles. The highest BCUT2D eigenvalue weighted by molar-refractivity contribution is 7.93. The topological polar surface area (TPSA) is 106 Å². The first kappa shape index (κ1) is 18.9. The van der Waals surface area contributed by atoms with Crippen LogP contribution in [-0.2, 0) is 16.3 Å². The molecule has 0 bridgehead atoms. The van der Waals surface area contributed by atoms with Crippen LogP contribution in [0.3, 0.4) is 0 Å². The van der Waals surface area contributed by atoms with Crippen LogP contribution in [0.4, 0.5) is 11.5 Å². The van der Waals surface area contributed by atoms with E-state index in [4.69, 9.17) is 5.73 Å². The highest BCUT2D eigenvalue weighted by Gasteiger charge is 2.20. The van der Waals surface area contributed by atoms with E-state index in [1.54, 1.807) is 13.8 Å². The number of aliphatic hydroxyl groups is 1. The minimum Gasteiger partial charge on any atom is -0.389 e. The summed E-state index contributed by atoms with van der Waals surface area (Å²) in [5.74, 6) is 1.78. The second-order valence-corrected chi connectivity index (χ2v) is 10.5. The summed E-state index contributed by atoms with van der Waals surface area (Å²) in [5.41, 5.74) is 8.52. The van der Waals surface area contributed by atoms with Crippen LogP contribution < -0.4 is 5.73 Å². The standard InChI is InChI=1S/C20H25N5O2S/c1-20(2,26)12-25-11-16(17-18(21)22-13-23-19(17)25)14-5-7-15(8-6-14)24-28(27)9-3-4-10-28/h5-8,11,13,26H,3-4,9-10,12H2,1-2H3,(H2,21,22,23). The Balaban J connectivity index is 1.78. The third-order valence-corrected chi connectivity index (χ3v) is 7.26. The van der Waals surface area contributed by atoms with Gasteiger partial charge in [-0.3, -0.25) is 0 Å². The Morgan fingerprint density at radius 3 is 2.54 bits per heavy atom. The van der Waals surface area contributed by atoms with Crippen LogP contribution in [0.5, 0.6) is 0 Å². The monoisotopic (exact) mass is 399 g/mol. The van der Waals surface area contributed by atoms with E-state index < -0.39 is 15.3 Å². The van der Waals surface area contributed by atoms with Crippen molar-refractivity contribution >= 4 is 32.3 Å². The molecule has 1 aliphatic heterocycles. The molecule has 0 radical (unpaired) electrons. The van der Waals surface area contributed by atoms with E-state index in [0.29, 0.717) is 29.5 Å². The number of hydrogen-bond donors (Lipinski definition) is 2. The molecule has 3 aromatic rings. The maximum Gasteiger partial charge on any atom is 0.146 e. The van der Waals surface area contributed by atoms with Gasteiger partial charge in [0.1, 0.15) is 17.8 Å². The average Bonchev–Trinajstić information content (AvgIpc) is 3.20. The summed E-state index contributed by atoms with van der Waals surface area (Å²) in [4.78, 5) is 8.50. The lowest BCUT2D eigenvalue weighted by Gasteiger charge is -2.18. The summed E-state index contributed by atoms with van der Waals surface area (Å²) in [6, 6.07) is 7.68. The van der Waals surface area contributed by atoms with Crippen molar-refractivity contribution in [3.8, 4) is 11.1 Å². The van der Waals surface area contributed by atoms with Gasteiger partial charge >= 0.3 is 0 Å². The van der Waals surface area contributed by atoms with Crippen LogP contribution in [0, 0.1) is 0 Å². The third-order valence-electron chi connectivity index (χ3n) is 4.87. The number of fused-ring (bicyclic) bond motifs is 1. The van der Waals surface area contributed by atoms with Crippen LogP contribution in [0.1, 0.15) is 26.7 Å². The van der Waals surface area contributed by atoms with Crippen molar-refractivity contribution in [2.24, 2.45) is 4.36 Å². The molecule has 0 spiro atoms. The first-order chi connectivity index (χ1) is 13.2. The zero-order valence-electron chi connectivity index (χ0n) is 16.1. The lowest BCUT2D eigenvalue weighted by molar-refractivity contribution is 0.0627. The molecule has 1 aliphatic rings. The normalized spacial score (nSPS) is 16.5. The highest BCUT2D eigenvalue weighted by Crippen LogP contribution is 2.34. The molecule has 8 heteroatoms. The number of nitrogen functional groups attached to an aromatic ring is 1. The predicted molar refractivity (Wildman–Crippen MR) is 113 cm³/mol. The van der Waals surface area contributed by atoms with Crippen LogP contribution in [0.25, 0.3) is 22.2 Å². The lowest BCUT2D eigenvalue weighted by Crippen LogP contribution is -2.25. The number of benzene rings is 1. The number of anilines is 1. The van der Waals surface area contributed by atoms with Gasteiger partial charge in [-0.1, -0.05) is 12.1 Å². The minimum atomic E-state index is -2.09. The minimum absolute atomic E-state index is 0.384. The SMILES string of the molecule is CC(C)(O)Cn1cc(-c2ccc(N=S3(=O)CCCC3)cc2)c2c(N)ncnc21. The van der Waals surface area contributed by atoms with Crippen molar-refractivity contribution in [2.45, 2.75) is 38.8 Å². The lowest BCUT2D eigenvalue weighted by atomic mass is 10.1. The molecule has 28 heavy (non-hydrogen) atoms. The fourth-order valence-corrected chi connectivity index (χ4v) is 5.85. The Kier molecular flexibility index (Phi) is 4.63. The zero-order chi connectivity index (χ0) is 19.9. The van der Waals surface area contributed by atoms with Gasteiger partial charge in [-0.25, -0.2) is 14.2 Å². The van der Waals surface area contributed by atoms with Crippen molar-refractivity contribution in [1.29, 1.82) is 0 Å². The molecule has 0 atom stereocenters. The molecule has 0 saturated carbocycles. The van der Waals surface area contributed by atoms with E-state index in [-0.39, 0.29) is 0 Å². The number of nitrogens with zero attached hydrogens (tertiary/aromatic N) is 4. The highest BCUT2D eigenvalue weighted by atomic mass is 32.2. The van der Waals surface area contributed by atoms with Crippen LogP contribution in [0.15, 0.2) is 41.2 Å². The van der Waals surface area contributed by atoms with Gasteiger partial charge in [0.2, 0.25) is 0 Å². The van der Waals surface area contributed by atoms with Crippen molar-refractivity contribution in [2.75, 3.05) is 17.2 Å². The molecule has 148 valence electrons. The summed E-state index contributed by atoms with van der Waals surface area (Å²) in [6.07, 6.45) is 5.35. The van der Waals surface area contributed by atoms with Crippen LogP contribution in [0.2, 0.25) is 0 Å². The van der Waals surface area contributed by atoms with E-state index in [9.17, 15) is 9.32 Å². The van der Waals surface area contributed by atoms with E-state index in [2.05, 4.69) is 14.3 Å². The van der Waals surface area contributed by atoms with Gasteiger partial charge in [0, 0.05) is 23.3 Å². The zero-order valence-corrected chi connectivity index (χ0v) is 16.9. The molecule has 0 unspecified atom stereocenters. The smallest absolute Gasteiger partial charge is 0.146 e. The van der Waals surface area contributed by atoms with Crippen molar-refractivity contribution < 1.29 is 9.32 Å². The summed E-state index contributed by atoms with van der Waals surface area (Å²) in [7, 11) is -2.09. The molecular weight excluding hydrogens is 374 g/mol. The fraction of sp³-hybridized carbons (Fsp3) is 0.400. The predicted octanol–water partition coefficient (Wildman–Crippen LogP) is 3.34. The molecule has 3 heterocycles. The molecule has 3 N–H and O–H groups in total. The van der Waals surface area contributed by atoms with Gasteiger partial charge in [0.05, 0.1) is 32.9 Å². The molecule has 1 saturated heterocycles. The van der Waals surface area contributed by atoms with E-state index in [1.165, 1.54) is 6.33 Å². The summed E-state index contributed by atoms with van der Waals surface area (Å²) in [6.45, 7) is 3.89. The summed E-state index contributed by atoms with van der Waals surface area (Å²) in [5, 5.41) is 11.0. The van der Waals surface area contributed by atoms with Gasteiger partial charge in [-0.15, -0.1) is 0 Å². The van der Waals surface area contributed by atoms with Gasteiger partial charge in [-0.2, -0.15) is 4.36 Å². The van der Waals surface area contributed by atoms with E-state index >= 15 is 0 Å². The van der Waals surface area contributed by atoms with E-state index in [0.717, 1.165) is 35.0 Å². The first-order valence-corrected chi connectivity index (χ1v) is 11.2. The third kappa shape index (κ3) is 3.74. The molecule has 1 fully saturated rings. The molecular formula is C20H25N5O2S. The molecule has 0 amide bonds. The number of aromatic nitrogens is 3.